The molecular weight excluding hydrogens is 160 g/mol. The van der Waals surface area contributed by atoms with Crippen LogP contribution in [0.1, 0.15) is 11.1 Å². The van der Waals surface area contributed by atoms with Crippen LogP contribution in [0, 0.1) is 34.5 Å². The van der Waals surface area contributed by atoms with Crippen LogP contribution < -0.4 is 0 Å². The standard InChI is InChI=1S/C11H6N2/c12-8-3-6-10-4-1-2-5-11(10)7-9-13/h1-2,4-5H,7H2. The molecule has 0 unspecified atom stereocenters. The second-order valence-electron chi connectivity index (χ2n) is 2.35. The van der Waals surface area contributed by atoms with Gasteiger partial charge in [-0.05, 0) is 11.6 Å². The van der Waals surface area contributed by atoms with E-state index in [4.69, 9.17) is 10.5 Å². The molecule has 60 valence electrons. The molecule has 2 nitrogen and oxygen atoms in total. The molecule has 0 saturated heterocycles. The van der Waals surface area contributed by atoms with Crippen LogP contribution in [0.4, 0.5) is 0 Å². The molecule has 0 heterocycles. The minimum absolute atomic E-state index is 0.330. The van der Waals surface area contributed by atoms with Crippen molar-refractivity contribution < 1.29 is 0 Å². The molecule has 13 heavy (non-hydrogen) atoms. The van der Waals surface area contributed by atoms with Gasteiger partial charge in [-0.1, -0.05) is 24.1 Å². The maximum absolute atomic E-state index is 8.51. The molecular formula is C11H6N2. The molecule has 0 bridgehead atoms. The van der Waals surface area contributed by atoms with Crippen molar-refractivity contribution in [3.8, 4) is 24.0 Å². The summed E-state index contributed by atoms with van der Waals surface area (Å²) in [7, 11) is 0. The predicted octanol–water partition coefficient (Wildman–Crippen LogP) is 1.63. The van der Waals surface area contributed by atoms with E-state index in [0.29, 0.717) is 6.42 Å². The van der Waals surface area contributed by atoms with Crippen LogP contribution >= 0.6 is 0 Å². The minimum atomic E-state index is 0.330. The van der Waals surface area contributed by atoms with Crippen molar-refractivity contribution in [1.82, 2.24) is 0 Å². The Morgan fingerprint density at radius 1 is 1.15 bits per heavy atom. The molecule has 0 N–H and O–H groups in total. The van der Waals surface area contributed by atoms with Crippen molar-refractivity contribution in [1.29, 1.82) is 10.5 Å². The maximum Gasteiger partial charge on any atom is 0.152 e. The molecule has 0 aliphatic rings. The third-order valence-electron chi connectivity index (χ3n) is 1.54. The lowest BCUT2D eigenvalue weighted by molar-refractivity contribution is 1.25. The Morgan fingerprint density at radius 2 is 1.92 bits per heavy atom. The predicted molar refractivity (Wildman–Crippen MR) is 48.3 cm³/mol. The molecule has 0 aliphatic carbocycles. The van der Waals surface area contributed by atoms with Gasteiger partial charge in [-0.15, -0.1) is 0 Å². The normalized spacial score (nSPS) is 7.54. The molecule has 0 radical (unpaired) electrons. The number of nitriles is 2. The summed E-state index contributed by atoms with van der Waals surface area (Å²) in [5.74, 6) is 5.00. The van der Waals surface area contributed by atoms with Gasteiger partial charge < -0.3 is 0 Å². The Balaban J connectivity index is 3.07. The minimum Gasteiger partial charge on any atom is -0.198 e. The molecule has 2 heteroatoms. The van der Waals surface area contributed by atoms with Crippen LogP contribution in [0.3, 0.4) is 0 Å². The molecule has 0 atom stereocenters. The van der Waals surface area contributed by atoms with E-state index in [1.807, 2.05) is 18.2 Å². The highest BCUT2D eigenvalue weighted by atomic mass is 14.2. The fraction of sp³-hybridized carbons (Fsp3) is 0.0909. The van der Waals surface area contributed by atoms with Crippen molar-refractivity contribution >= 4 is 0 Å². The Bertz CT molecular complexity index is 436. The number of hydrogen-bond donors (Lipinski definition) is 0. The summed E-state index contributed by atoms with van der Waals surface area (Å²) >= 11 is 0. The summed E-state index contributed by atoms with van der Waals surface area (Å²) in [6, 6.07) is 11.1. The molecule has 1 aromatic carbocycles. The lowest BCUT2D eigenvalue weighted by atomic mass is 10.1. The Morgan fingerprint density at radius 3 is 2.62 bits per heavy atom. The van der Waals surface area contributed by atoms with Gasteiger partial charge in [0.15, 0.2) is 6.07 Å². The molecule has 0 spiro atoms. The second-order valence-corrected chi connectivity index (χ2v) is 2.35. The van der Waals surface area contributed by atoms with E-state index in [1.54, 1.807) is 12.1 Å². The fourth-order valence-corrected chi connectivity index (χ4v) is 0.977. The monoisotopic (exact) mass is 166 g/mol. The van der Waals surface area contributed by atoms with Crippen LogP contribution in [-0.4, -0.2) is 0 Å². The van der Waals surface area contributed by atoms with Gasteiger partial charge in [0.25, 0.3) is 0 Å². The lowest BCUT2D eigenvalue weighted by Crippen LogP contribution is -1.86. The molecule has 0 saturated carbocycles. The molecule has 1 rings (SSSR count). The van der Waals surface area contributed by atoms with Crippen molar-refractivity contribution in [2.24, 2.45) is 0 Å². The van der Waals surface area contributed by atoms with E-state index in [9.17, 15) is 0 Å². The third kappa shape index (κ3) is 2.37. The highest BCUT2D eigenvalue weighted by molar-refractivity contribution is 5.44. The molecule has 0 amide bonds. The summed E-state index contributed by atoms with van der Waals surface area (Å²) in [6.07, 6.45) is 0.330. The van der Waals surface area contributed by atoms with Gasteiger partial charge in [0.2, 0.25) is 0 Å². The van der Waals surface area contributed by atoms with Gasteiger partial charge in [0.05, 0.1) is 12.5 Å². The quantitative estimate of drug-likeness (QED) is 0.595. The highest BCUT2D eigenvalue weighted by Crippen LogP contribution is 2.07. The van der Waals surface area contributed by atoms with E-state index < -0.39 is 0 Å². The Kier molecular flexibility index (Phi) is 3.13. The van der Waals surface area contributed by atoms with Crippen molar-refractivity contribution in [3.05, 3.63) is 35.4 Å². The number of rotatable bonds is 1. The Hall–Kier alpha value is -2.24. The average molecular weight is 166 g/mol. The van der Waals surface area contributed by atoms with Crippen LogP contribution in [0.25, 0.3) is 0 Å². The summed E-state index contributed by atoms with van der Waals surface area (Å²) in [4.78, 5) is 0. The van der Waals surface area contributed by atoms with E-state index in [2.05, 4.69) is 17.9 Å². The highest BCUT2D eigenvalue weighted by Gasteiger charge is 1.96. The van der Waals surface area contributed by atoms with E-state index >= 15 is 0 Å². The van der Waals surface area contributed by atoms with Crippen LogP contribution in [-0.2, 0) is 6.42 Å². The maximum atomic E-state index is 8.51. The second kappa shape index (κ2) is 4.60. The largest absolute Gasteiger partial charge is 0.198 e. The van der Waals surface area contributed by atoms with Gasteiger partial charge in [-0.25, -0.2) is 0 Å². The zero-order valence-electron chi connectivity index (χ0n) is 6.91. The van der Waals surface area contributed by atoms with E-state index in [1.165, 1.54) is 0 Å². The van der Waals surface area contributed by atoms with Gasteiger partial charge >= 0.3 is 0 Å². The molecule has 0 aliphatic heterocycles. The molecule has 0 fully saturated rings. The Labute approximate surface area is 77.0 Å². The third-order valence-corrected chi connectivity index (χ3v) is 1.54. The van der Waals surface area contributed by atoms with Crippen molar-refractivity contribution in [2.75, 3.05) is 0 Å². The van der Waals surface area contributed by atoms with Crippen LogP contribution in [0.2, 0.25) is 0 Å². The van der Waals surface area contributed by atoms with Gasteiger partial charge in [-0.3, -0.25) is 0 Å². The molecule has 0 aromatic heterocycles. The van der Waals surface area contributed by atoms with Crippen LogP contribution in [0.15, 0.2) is 24.3 Å². The van der Waals surface area contributed by atoms with E-state index in [0.717, 1.165) is 11.1 Å². The lowest BCUT2D eigenvalue weighted by Gasteiger charge is -1.96. The van der Waals surface area contributed by atoms with Crippen LogP contribution in [0.5, 0.6) is 0 Å². The summed E-state index contributed by atoms with van der Waals surface area (Å²) in [5.41, 5.74) is 1.62. The van der Waals surface area contributed by atoms with Crippen molar-refractivity contribution in [2.45, 2.75) is 6.42 Å². The first-order valence-corrected chi connectivity index (χ1v) is 3.73. The van der Waals surface area contributed by atoms with Crippen molar-refractivity contribution in [3.63, 3.8) is 0 Å². The number of hydrogen-bond acceptors (Lipinski definition) is 2. The number of nitrogens with zero attached hydrogens (tertiary/aromatic N) is 2. The smallest absolute Gasteiger partial charge is 0.152 e. The SMILES string of the molecule is N#CC#Cc1ccccc1CC#N. The average Bonchev–Trinajstić information content (AvgIpc) is 2.17. The molecule has 1 aromatic rings. The van der Waals surface area contributed by atoms with Gasteiger partial charge in [0, 0.05) is 11.5 Å². The first kappa shape index (κ1) is 8.85. The first-order chi connectivity index (χ1) is 6.38. The zero-order chi connectivity index (χ0) is 9.52. The topological polar surface area (TPSA) is 47.6 Å². The summed E-state index contributed by atoms with van der Waals surface area (Å²) < 4.78 is 0. The first-order valence-electron chi connectivity index (χ1n) is 3.73. The summed E-state index contributed by atoms with van der Waals surface area (Å²) in [6.45, 7) is 0. The van der Waals surface area contributed by atoms with Gasteiger partial charge in [-0.2, -0.15) is 10.5 Å². The zero-order valence-corrected chi connectivity index (χ0v) is 6.91. The van der Waals surface area contributed by atoms with E-state index in [-0.39, 0.29) is 0 Å². The fourth-order valence-electron chi connectivity index (χ4n) is 0.977. The number of benzene rings is 1. The summed E-state index contributed by atoms with van der Waals surface area (Å²) in [5, 5.41) is 16.8. The van der Waals surface area contributed by atoms with Gasteiger partial charge in [0.1, 0.15) is 0 Å².